The SMILES string of the molecule is COc1ccc(Br)c(C(Cl)Cc2ccc(C)cn2)c1. The first kappa shape index (κ1) is 14.4. The van der Waals surface area contributed by atoms with Crippen molar-refractivity contribution < 1.29 is 4.74 Å². The summed E-state index contributed by atoms with van der Waals surface area (Å²) < 4.78 is 6.22. The highest BCUT2D eigenvalue weighted by atomic mass is 79.9. The van der Waals surface area contributed by atoms with Crippen LogP contribution in [0.1, 0.15) is 22.2 Å². The van der Waals surface area contributed by atoms with Crippen LogP contribution in [0.3, 0.4) is 0 Å². The van der Waals surface area contributed by atoms with Gasteiger partial charge in [-0.15, -0.1) is 11.6 Å². The van der Waals surface area contributed by atoms with Gasteiger partial charge in [-0.3, -0.25) is 4.98 Å². The van der Waals surface area contributed by atoms with Crippen LogP contribution >= 0.6 is 27.5 Å². The van der Waals surface area contributed by atoms with E-state index in [-0.39, 0.29) is 5.38 Å². The van der Waals surface area contributed by atoms with E-state index < -0.39 is 0 Å². The Morgan fingerprint density at radius 1 is 1.32 bits per heavy atom. The van der Waals surface area contributed by atoms with E-state index in [0.717, 1.165) is 27.0 Å². The molecule has 0 saturated heterocycles. The average Bonchev–Trinajstić information content (AvgIpc) is 2.42. The van der Waals surface area contributed by atoms with E-state index in [2.05, 4.69) is 20.9 Å². The van der Waals surface area contributed by atoms with Gasteiger partial charge in [0.1, 0.15) is 5.75 Å². The highest BCUT2D eigenvalue weighted by molar-refractivity contribution is 9.10. The first-order valence-electron chi connectivity index (χ1n) is 5.99. The molecule has 0 aliphatic rings. The van der Waals surface area contributed by atoms with Crippen molar-refractivity contribution in [2.24, 2.45) is 0 Å². The molecule has 0 bridgehead atoms. The maximum Gasteiger partial charge on any atom is 0.119 e. The molecule has 2 rings (SSSR count). The summed E-state index contributed by atoms with van der Waals surface area (Å²) >= 11 is 10.0. The van der Waals surface area contributed by atoms with Crippen molar-refractivity contribution in [3.05, 3.63) is 57.8 Å². The highest BCUT2D eigenvalue weighted by Gasteiger charge is 2.14. The van der Waals surface area contributed by atoms with Crippen LogP contribution < -0.4 is 4.74 Å². The smallest absolute Gasteiger partial charge is 0.119 e. The Kier molecular flexibility index (Phi) is 4.83. The molecule has 0 spiro atoms. The number of hydrogen-bond donors (Lipinski definition) is 0. The molecule has 1 aromatic carbocycles. The van der Waals surface area contributed by atoms with E-state index in [1.807, 2.05) is 43.5 Å². The third-order valence-corrected chi connectivity index (χ3v) is 4.01. The lowest BCUT2D eigenvalue weighted by molar-refractivity contribution is 0.414. The van der Waals surface area contributed by atoms with Crippen LogP contribution in [0.15, 0.2) is 41.0 Å². The minimum atomic E-state index is -0.139. The van der Waals surface area contributed by atoms with Crippen LogP contribution in [-0.4, -0.2) is 12.1 Å². The lowest BCUT2D eigenvalue weighted by Gasteiger charge is -2.13. The number of nitrogens with zero attached hydrogens (tertiary/aromatic N) is 1. The number of alkyl halides is 1. The first-order chi connectivity index (χ1) is 9.10. The third-order valence-electron chi connectivity index (χ3n) is 2.90. The zero-order valence-electron chi connectivity index (χ0n) is 10.9. The van der Waals surface area contributed by atoms with E-state index >= 15 is 0 Å². The first-order valence-corrected chi connectivity index (χ1v) is 7.22. The van der Waals surface area contributed by atoms with Gasteiger partial charge in [0.15, 0.2) is 0 Å². The quantitative estimate of drug-likeness (QED) is 0.754. The summed E-state index contributed by atoms with van der Waals surface area (Å²) in [6.07, 6.45) is 2.55. The van der Waals surface area contributed by atoms with Gasteiger partial charge in [0, 0.05) is 22.8 Å². The Morgan fingerprint density at radius 3 is 2.74 bits per heavy atom. The summed E-state index contributed by atoms with van der Waals surface area (Å²) in [7, 11) is 1.65. The predicted octanol–water partition coefficient (Wildman–Crippen LogP) is 4.68. The van der Waals surface area contributed by atoms with E-state index in [1.165, 1.54) is 0 Å². The van der Waals surface area contributed by atoms with Gasteiger partial charge in [0.05, 0.1) is 12.5 Å². The Hall–Kier alpha value is -1.06. The van der Waals surface area contributed by atoms with Crippen molar-refractivity contribution in [3.63, 3.8) is 0 Å². The molecule has 0 radical (unpaired) electrons. The molecule has 0 fully saturated rings. The fraction of sp³-hybridized carbons (Fsp3) is 0.267. The summed E-state index contributed by atoms with van der Waals surface area (Å²) in [4.78, 5) is 4.39. The summed E-state index contributed by atoms with van der Waals surface area (Å²) in [6.45, 7) is 2.02. The molecule has 1 aromatic heterocycles. The molecule has 1 unspecified atom stereocenters. The largest absolute Gasteiger partial charge is 0.497 e. The maximum atomic E-state index is 6.49. The van der Waals surface area contributed by atoms with Crippen LogP contribution in [0.2, 0.25) is 0 Å². The van der Waals surface area contributed by atoms with Gasteiger partial charge >= 0.3 is 0 Å². The zero-order valence-corrected chi connectivity index (χ0v) is 13.2. The van der Waals surface area contributed by atoms with Crippen molar-refractivity contribution in [1.29, 1.82) is 0 Å². The van der Waals surface area contributed by atoms with E-state index in [4.69, 9.17) is 16.3 Å². The molecule has 1 heterocycles. The molecule has 2 nitrogen and oxygen atoms in total. The van der Waals surface area contributed by atoms with Crippen LogP contribution in [0.25, 0.3) is 0 Å². The monoisotopic (exact) mass is 339 g/mol. The van der Waals surface area contributed by atoms with Crippen LogP contribution in [0, 0.1) is 6.92 Å². The van der Waals surface area contributed by atoms with Crippen LogP contribution in [0.5, 0.6) is 5.75 Å². The van der Waals surface area contributed by atoms with Crippen molar-refractivity contribution in [3.8, 4) is 5.75 Å². The number of methoxy groups -OCH3 is 1. The van der Waals surface area contributed by atoms with Crippen molar-refractivity contribution >= 4 is 27.5 Å². The standard InChI is InChI=1S/C15H15BrClNO/c1-10-3-4-11(18-9-10)7-15(17)13-8-12(19-2)5-6-14(13)16/h3-6,8-9,15H,7H2,1-2H3. The molecular weight excluding hydrogens is 326 g/mol. The molecule has 2 aromatic rings. The summed E-state index contributed by atoms with van der Waals surface area (Å²) in [6, 6.07) is 9.87. The second-order valence-electron chi connectivity index (χ2n) is 4.39. The van der Waals surface area contributed by atoms with E-state index in [0.29, 0.717) is 6.42 Å². The highest BCUT2D eigenvalue weighted by Crippen LogP contribution is 2.33. The molecule has 100 valence electrons. The van der Waals surface area contributed by atoms with Gasteiger partial charge in [-0.25, -0.2) is 0 Å². The number of ether oxygens (including phenoxy) is 1. The van der Waals surface area contributed by atoms with Gasteiger partial charge in [0.2, 0.25) is 0 Å². The van der Waals surface area contributed by atoms with Gasteiger partial charge in [-0.2, -0.15) is 0 Å². The summed E-state index contributed by atoms with van der Waals surface area (Å²) in [5.41, 5.74) is 3.15. The Bertz CT molecular complexity index is 557. The van der Waals surface area contributed by atoms with Crippen LogP contribution in [0.4, 0.5) is 0 Å². The topological polar surface area (TPSA) is 22.1 Å². The fourth-order valence-corrected chi connectivity index (χ4v) is 2.79. The predicted molar refractivity (Wildman–Crippen MR) is 82.0 cm³/mol. The molecule has 19 heavy (non-hydrogen) atoms. The second kappa shape index (κ2) is 6.40. The number of rotatable bonds is 4. The third kappa shape index (κ3) is 3.71. The lowest BCUT2D eigenvalue weighted by Crippen LogP contribution is -2.00. The Labute approximate surface area is 126 Å². The molecule has 4 heteroatoms. The molecule has 1 atom stereocenters. The van der Waals surface area contributed by atoms with E-state index in [9.17, 15) is 0 Å². The molecule has 0 amide bonds. The molecule has 0 aliphatic heterocycles. The van der Waals surface area contributed by atoms with E-state index in [1.54, 1.807) is 7.11 Å². The number of pyridine rings is 1. The van der Waals surface area contributed by atoms with Crippen molar-refractivity contribution in [2.45, 2.75) is 18.7 Å². The lowest BCUT2D eigenvalue weighted by atomic mass is 10.1. The van der Waals surface area contributed by atoms with Crippen molar-refractivity contribution in [1.82, 2.24) is 4.98 Å². The number of hydrogen-bond acceptors (Lipinski definition) is 2. The summed E-state index contributed by atoms with van der Waals surface area (Å²) in [5.74, 6) is 0.806. The molecular formula is C15H15BrClNO. The van der Waals surface area contributed by atoms with Gasteiger partial charge in [-0.1, -0.05) is 22.0 Å². The van der Waals surface area contributed by atoms with Gasteiger partial charge in [-0.05, 0) is 42.3 Å². The molecule has 0 N–H and O–H groups in total. The summed E-state index contributed by atoms with van der Waals surface area (Å²) in [5, 5.41) is -0.139. The normalized spacial score (nSPS) is 12.2. The average molecular weight is 341 g/mol. The number of benzene rings is 1. The van der Waals surface area contributed by atoms with Gasteiger partial charge in [0.25, 0.3) is 0 Å². The fourth-order valence-electron chi connectivity index (χ4n) is 1.80. The van der Waals surface area contributed by atoms with Crippen molar-refractivity contribution in [2.75, 3.05) is 7.11 Å². The number of halogens is 2. The second-order valence-corrected chi connectivity index (χ2v) is 5.77. The number of aromatic nitrogens is 1. The molecule has 0 aliphatic carbocycles. The maximum absolute atomic E-state index is 6.49. The zero-order chi connectivity index (χ0) is 13.8. The Balaban J connectivity index is 2.19. The Morgan fingerprint density at radius 2 is 2.11 bits per heavy atom. The van der Waals surface area contributed by atoms with Crippen LogP contribution in [-0.2, 0) is 6.42 Å². The number of aryl methyl sites for hydroxylation is 1. The van der Waals surface area contributed by atoms with Gasteiger partial charge < -0.3 is 4.74 Å². The molecule has 0 saturated carbocycles. The minimum Gasteiger partial charge on any atom is -0.497 e. The minimum absolute atomic E-state index is 0.139.